The molecule has 1 aromatic heterocycles. The normalized spacial score (nSPS) is 10.3. The molecule has 4 heteroatoms. The molecule has 18 heavy (non-hydrogen) atoms. The molecule has 0 fully saturated rings. The van der Waals surface area contributed by atoms with Crippen LogP contribution < -0.4 is 10.6 Å². The molecule has 2 N–H and O–H groups in total. The minimum absolute atomic E-state index is 0.790. The van der Waals surface area contributed by atoms with Crippen LogP contribution in [0, 0.1) is 0 Å². The van der Waals surface area contributed by atoms with Crippen LogP contribution in [0.15, 0.2) is 47.2 Å². The number of pyridine rings is 1. The van der Waals surface area contributed by atoms with E-state index < -0.39 is 0 Å². The fourth-order valence-corrected chi connectivity index (χ4v) is 2.22. The third kappa shape index (κ3) is 3.23. The fraction of sp³-hybridized carbons (Fsp3) is 0.214. The lowest BCUT2D eigenvalue weighted by atomic mass is 10.2. The van der Waals surface area contributed by atoms with Gasteiger partial charge in [0.1, 0.15) is 0 Å². The van der Waals surface area contributed by atoms with Crippen molar-refractivity contribution in [2.75, 3.05) is 24.2 Å². The molecule has 2 rings (SSSR count). The van der Waals surface area contributed by atoms with Crippen LogP contribution in [0.1, 0.15) is 5.56 Å². The highest BCUT2D eigenvalue weighted by Gasteiger charge is 2.05. The van der Waals surface area contributed by atoms with E-state index in [4.69, 9.17) is 5.73 Å². The molecule has 0 saturated heterocycles. The van der Waals surface area contributed by atoms with Gasteiger partial charge >= 0.3 is 0 Å². The maximum Gasteiger partial charge on any atom is 0.0598 e. The standard InChI is InChI=1S/C14H16BrN3/c1-18(8-6-11-3-2-7-17-10-11)14-5-4-12(15)9-13(14)16/h2-5,7,9-10H,6,8,16H2,1H3. The summed E-state index contributed by atoms with van der Waals surface area (Å²) in [4.78, 5) is 6.28. The van der Waals surface area contributed by atoms with Gasteiger partial charge in [0.05, 0.1) is 11.4 Å². The van der Waals surface area contributed by atoms with Gasteiger partial charge in [-0.1, -0.05) is 22.0 Å². The predicted octanol–water partition coefficient (Wildman–Crippen LogP) is 3.11. The van der Waals surface area contributed by atoms with E-state index in [1.165, 1.54) is 5.56 Å². The summed E-state index contributed by atoms with van der Waals surface area (Å²) in [6, 6.07) is 10.0. The van der Waals surface area contributed by atoms with Crippen LogP contribution in [0.3, 0.4) is 0 Å². The lowest BCUT2D eigenvalue weighted by molar-refractivity contribution is 0.873. The molecule has 0 saturated carbocycles. The van der Waals surface area contributed by atoms with Crippen molar-refractivity contribution < 1.29 is 0 Å². The summed E-state index contributed by atoms with van der Waals surface area (Å²) in [7, 11) is 2.05. The molecule has 94 valence electrons. The first-order valence-electron chi connectivity index (χ1n) is 5.82. The molecule has 1 aromatic carbocycles. The van der Waals surface area contributed by atoms with Gasteiger partial charge in [-0.25, -0.2) is 0 Å². The van der Waals surface area contributed by atoms with Crippen molar-refractivity contribution in [1.29, 1.82) is 0 Å². The van der Waals surface area contributed by atoms with Crippen LogP contribution in [0.25, 0.3) is 0 Å². The Labute approximate surface area is 116 Å². The summed E-state index contributed by atoms with van der Waals surface area (Å²) in [6.45, 7) is 0.914. The molecule has 0 unspecified atom stereocenters. The molecule has 0 atom stereocenters. The number of nitrogens with two attached hydrogens (primary N) is 1. The van der Waals surface area contributed by atoms with E-state index in [0.717, 1.165) is 28.8 Å². The second kappa shape index (κ2) is 5.87. The van der Waals surface area contributed by atoms with E-state index >= 15 is 0 Å². The van der Waals surface area contributed by atoms with E-state index in [1.807, 2.05) is 30.5 Å². The van der Waals surface area contributed by atoms with Crippen molar-refractivity contribution in [3.05, 3.63) is 52.8 Å². The number of aromatic nitrogens is 1. The van der Waals surface area contributed by atoms with Crippen molar-refractivity contribution >= 4 is 27.3 Å². The van der Waals surface area contributed by atoms with E-state index in [-0.39, 0.29) is 0 Å². The van der Waals surface area contributed by atoms with Crippen LogP contribution in [0.4, 0.5) is 11.4 Å². The molecule has 0 aliphatic rings. The molecule has 0 amide bonds. The zero-order valence-electron chi connectivity index (χ0n) is 10.3. The molecule has 3 nitrogen and oxygen atoms in total. The molecule has 2 aromatic rings. The van der Waals surface area contributed by atoms with Crippen molar-refractivity contribution in [3.8, 4) is 0 Å². The van der Waals surface area contributed by atoms with Crippen molar-refractivity contribution in [1.82, 2.24) is 4.98 Å². The highest BCUT2D eigenvalue weighted by Crippen LogP contribution is 2.25. The zero-order valence-corrected chi connectivity index (χ0v) is 11.9. The van der Waals surface area contributed by atoms with Gasteiger partial charge in [-0.15, -0.1) is 0 Å². The maximum absolute atomic E-state index is 6.01. The topological polar surface area (TPSA) is 42.2 Å². The number of hydrogen-bond acceptors (Lipinski definition) is 3. The van der Waals surface area contributed by atoms with Gasteiger partial charge in [-0.05, 0) is 36.2 Å². The third-order valence-electron chi connectivity index (χ3n) is 2.86. The number of hydrogen-bond donors (Lipinski definition) is 1. The van der Waals surface area contributed by atoms with E-state index in [0.29, 0.717) is 0 Å². The largest absolute Gasteiger partial charge is 0.397 e. The van der Waals surface area contributed by atoms with Gasteiger partial charge in [-0.2, -0.15) is 0 Å². The van der Waals surface area contributed by atoms with Crippen LogP contribution in [-0.4, -0.2) is 18.6 Å². The zero-order chi connectivity index (χ0) is 13.0. The summed E-state index contributed by atoms with van der Waals surface area (Å²) in [5, 5.41) is 0. The van der Waals surface area contributed by atoms with Crippen molar-refractivity contribution in [2.24, 2.45) is 0 Å². The second-order valence-electron chi connectivity index (χ2n) is 4.24. The summed E-state index contributed by atoms with van der Waals surface area (Å²) in [6.07, 6.45) is 4.65. The SMILES string of the molecule is CN(CCc1cccnc1)c1ccc(Br)cc1N. The Morgan fingerprint density at radius 3 is 2.83 bits per heavy atom. The molecule has 0 aliphatic carbocycles. The minimum atomic E-state index is 0.790. The van der Waals surface area contributed by atoms with Gasteiger partial charge in [0.25, 0.3) is 0 Å². The van der Waals surface area contributed by atoms with Gasteiger partial charge in [0.15, 0.2) is 0 Å². The fourth-order valence-electron chi connectivity index (χ4n) is 1.84. The molecule has 0 aliphatic heterocycles. The summed E-state index contributed by atoms with van der Waals surface area (Å²) < 4.78 is 1.00. The minimum Gasteiger partial charge on any atom is -0.397 e. The molecule has 0 radical (unpaired) electrons. The second-order valence-corrected chi connectivity index (χ2v) is 5.15. The van der Waals surface area contributed by atoms with Gasteiger partial charge in [0, 0.05) is 30.5 Å². The average Bonchev–Trinajstić information content (AvgIpc) is 2.37. The quantitative estimate of drug-likeness (QED) is 0.883. The number of halogens is 1. The van der Waals surface area contributed by atoms with Gasteiger partial charge in [-0.3, -0.25) is 4.98 Å². The average molecular weight is 306 g/mol. The Morgan fingerprint density at radius 1 is 1.33 bits per heavy atom. The smallest absolute Gasteiger partial charge is 0.0598 e. The number of anilines is 2. The highest BCUT2D eigenvalue weighted by atomic mass is 79.9. The Kier molecular flexibility index (Phi) is 4.20. The number of rotatable bonds is 4. The Bertz CT molecular complexity index is 514. The maximum atomic E-state index is 6.01. The van der Waals surface area contributed by atoms with E-state index in [1.54, 1.807) is 6.20 Å². The summed E-state index contributed by atoms with van der Waals surface area (Å²) in [5.41, 5.74) is 9.09. The first kappa shape index (κ1) is 12.9. The van der Waals surface area contributed by atoms with Crippen molar-refractivity contribution in [2.45, 2.75) is 6.42 Å². The first-order chi connectivity index (χ1) is 8.66. The number of nitrogen functional groups attached to an aromatic ring is 1. The number of benzene rings is 1. The van der Waals surface area contributed by atoms with Gasteiger partial charge in [0.2, 0.25) is 0 Å². The van der Waals surface area contributed by atoms with Crippen LogP contribution in [0.5, 0.6) is 0 Å². The Balaban J connectivity index is 2.01. The van der Waals surface area contributed by atoms with Crippen molar-refractivity contribution in [3.63, 3.8) is 0 Å². The van der Waals surface area contributed by atoms with Gasteiger partial charge < -0.3 is 10.6 Å². The summed E-state index contributed by atoms with van der Waals surface area (Å²) in [5.74, 6) is 0. The lowest BCUT2D eigenvalue weighted by Gasteiger charge is -2.21. The molecular formula is C14H16BrN3. The first-order valence-corrected chi connectivity index (χ1v) is 6.61. The Hall–Kier alpha value is -1.55. The molecule has 0 spiro atoms. The Morgan fingerprint density at radius 2 is 2.17 bits per heavy atom. The van der Waals surface area contributed by atoms with Crippen LogP contribution in [-0.2, 0) is 6.42 Å². The predicted molar refractivity (Wildman–Crippen MR) is 79.8 cm³/mol. The highest BCUT2D eigenvalue weighted by molar-refractivity contribution is 9.10. The lowest BCUT2D eigenvalue weighted by Crippen LogP contribution is -2.21. The summed E-state index contributed by atoms with van der Waals surface area (Å²) >= 11 is 3.41. The third-order valence-corrected chi connectivity index (χ3v) is 3.35. The van der Waals surface area contributed by atoms with Crippen LogP contribution >= 0.6 is 15.9 Å². The molecule has 1 heterocycles. The molecule has 0 bridgehead atoms. The monoisotopic (exact) mass is 305 g/mol. The number of likely N-dealkylation sites (N-methyl/N-ethyl adjacent to an activating group) is 1. The number of nitrogens with zero attached hydrogens (tertiary/aromatic N) is 2. The van der Waals surface area contributed by atoms with E-state index in [9.17, 15) is 0 Å². The van der Waals surface area contributed by atoms with E-state index in [2.05, 4.69) is 38.9 Å². The molecular weight excluding hydrogens is 290 g/mol. The van der Waals surface area contributed by atoms with Crippen LogP contribution in [0.2, 0.25) is 0 Å².